The van der Waals surface area contributed by atoms with Crippen molar-refractivity contribution in [2.45, 2.75) is 18.9 Å². The van der Waals surface area contributed by atoms with Crippen LogP contribution in [0, 0.1) is 5.82 Å². The van der Waals surface area contributed by atoms with Crippen molar-refractivity contribution >= 4 is 38.9 Å². The molecule has 0 saturated carbocycles. The molecule has 0 bridgehead atoms. The van der Waals surface area contributed by atoms with Gasteiger partial charge in [-0.2, -0.15) is 0 Å². The zero-order chi connectivity index (χ0) is 13.1. The highest BCUT2D eigenvalue weighted by molar-refractivity contribution is 9.10. The Bertz CT molecular complexity index is 549. The summed E-state index contributed by atoms with van der Waals surface area (Å²) in [4.78, 5) is 4.33. The van der Waals surface area contributed by atoms with E-state index in [2.05, 4.69) is 20.9 Å². The molecule has 0 spiro atoms. The molecule has 6 heteroatoms. The number of aromatic nitrogens is 1. The third-order valence-corrected chi connectivity index (χ3v) is 4.23. The van der Waals surface area contributed by atoms with Crippen LogP contribution in [-0.4, -0.2) is 4.98 Å². The predicted octanol–water partition coefficient (Wildman–Crippen LogP) is 4.92. The van der Waals surface area contributed by atoms with Crippen molar-refractivity contribution in [1.82, 2.24) is 4.98 Å². The summed E-state index contributed by atoms with van der Waals surface area (Å²) in [6.45, 7) is 1.87. The van der Waals surface area contributed by atoms with Gasteiger partial charge in [0.1, 0.15) is 22.7 Å². The van der Waals surface area contributed by atoms with Gasteiger partial charge in [0.2, 0.25) is 0 Å². The Labute approximate surface area is 122 Å². The second kappa shape index (κ2) is 5.99. The van der Waals surface area contributed by atoms with Gasteiger partial charge in [0, 0.05) is 11.4 Å². The quantitative estimate of drug-likeness (QED) is 0.730. The van der Waals surface area contributed by atoms with Crippen molar-refractivity contribution in [1.29, 1.82) is 0 Å². The second-order valence-corrected chi connectivity index (χ2v) is 5.66. The predicted molar refractivity (Wildman–Crippen MR) is 74.8 cm³/mol. The Hall–Kier alpha value is -0.650. The number of hydrogen-bond acceptors (Lipinski definition) is 3. The molecule has 0 aliphatic rings. The van der Waals surface area contributed by atoms with Gasteiger partial charge >= 0.3 is 0 Å². The van der Waals surface area contributed by atoms with Gasteiger partial charge in [-0.3, -0.25) is 0 Å². The third kappa shape index (κ3) is 3.22. The van der Waals surface area contributed by atoms with Crippen LogP contribution in [0.4, 0.5) is 4.39 Å². The van der Waals surface area contributed by atoms with Gasteiger partial charge in [0.05, 0.1) is 16.0 Å². The highest BCUT2D eigenvalue weighted by Gasteiger charge is 2.14. The lowest BCUT2D eigenvalue weighted by molar-refractivity contribution is 0.223. The Morgan fingerprint density at radius 1 is 1.56 bits per heavy atom. The van der Waals surface area contributed by atoms with E-state index in [0.717, 1.165) is 10.7 Å². The fraction of sp³-hybridized carbons (Fsp3) is 0.250. The highest BCUT2D eigenvalue weighted by atomic mass is 79.9. The summed E-state index contributed by atoms with van der Waals surface area (Å²) in [7, 11) is 0. The van der Waals surface area contributed by atoms with Gasteiger partial charge in [0.25, 0.3) is 0 Å². The molecule has 0 aliphatic carbocycles. The van der Waals surface area contributed by atoms with Crippen LogP contribution in [0.15, 0.2) is 28.1 Å². The van der Waals surface area contributed by atoms with Gasteiger partial charge in [-0.1, -0.05) is 0 Å². The van der Waals surface area contributed by atoms with E-state index >= 15 is 0 Å². The van der Waals surface area contributed by atoms with Crippen molar-refractivity contribution in [3.63, 3.8) is 0 Å². The molecule has 2 nitrogen and oxygen atoms in total. The molecule has 2 rings (SSSR count). The molecule has 1 aromatic heterocycles. The standard InChI is InChI=1S/C12H10BrClFNOS/c1-7(12-16-9(5-14)6-18-12)17-11-4-8(15)2-3-10(11)13/h2-4,6-7H,5H2,1H3. The minimum Gasteiger partial charge on any atom is -0.482 e. The maximum Gasteiger partial charge on any atom is 0.147 e. The number of rotatable bonds is 4. The van der Waals surface area contributed by atoms with Gasteiger partial charge in [0.15, 0.2) is 0 Å². The zero-order valence-electron chi connectivity index (χ0n) is 9.49. The summed E-state index contributed by atoms with van der Waals surface area (Å²) < 4.78 is 19.5. The van der Waals surface area contributed by atoms with Crippen LogP contribution in [0.25, 0.3) is 0 Å². The Morgan fingerprint density at radius 3 is 3.00 bits per heavy atom. The molecule has 0 radical (unpaired) electrons. The Morgan fingerprint density at radius 2 is 2.33 bits per heavy atom. The lowest BCUT2D eigenvalue weighted by Gasteiger charge is -2.13. The SMILES string of the molecule is CC(Oc1cc(F)ccc1Br)c1nc(CCl)cs1. The highest BCUT2D eigenvalue weighted by Crippen LogP contribution is 2.31. The normalized spacial score (nSPS) is 12.4. The van der Waals surface area contributed by atoms with E-state index < -0.39 is 0 Å². The maximum atomic E-state index is 13.1. The molecular formula is C12H10BrClFNOS. The zero-order valence-corrected chi connectivity index (χ0v) is 12.6. The first-order valence-electron chi connectivity index (χ1n) is 5.22. The van der Waals surface area contributed by atoms with Gasteiger partial charge in [-0.15, -0.1) is 22.9 Å². The van der Waals surface area contributed by atoms with E-state index in [0.29, 0.717) is 16.1 Å². The van der Waals surface area contributed by atoms with Gasteiger partial charge in [-0.25, -0.2) is 9.37 Å². The molecule has 1 unspecified atom stereocenters. The van der Waals surface area contributed by atoms with E-state index in [4.69, 9.17) is 16.3 Å². The average molecular weight is 351 g/mol. The molecule has 0 fully saturated rings. The number of halogens is 3. The molecule has 0 N–H and O–H groups in total. The minimum atomic E-state index is -0.332. The van der Waals surface area contributed by atoms with E-state index in [1.807, 2.05) is 12.3 Å². The summed E-state index contributed by atoms with van der Waals surface area (Å²) in [6, 6.07) is 4.33. The van der Waals surface area contributed by atoms with E-state index in [9.17, 15) is 4.39 Å². The summed E-state index contributed by atoms with van der Waals surface area (Å²) >= 11 is 10.5. The molecule has 2 aromatic rings. The van der Waals surface area contributed by atoms with Crippen LogP contribution < -0.4 is 4.74 Å². The van der Waals surface area contributed by atoms with E-state index in [-0.39, 0.29) is 11.9 Å². The van der Waals surface area contributed by atoms with Crippen LogP contribution in [-0.2, 0) is 5.88 Å². The Kier molecular flexibility index (Phi) is 4.59. The van der Waals surface area contributed by atoms with Crippen LogP contribution in [0.3, 0.4) is 0 Å². The van der Waals surface area contributed by atoms with Gasteiger partial charge < -0.3 is 4.74 Å². The molecule has 1 atom stereocenters. The van der Waals surface area contributed by atoms with E-state index in [1.165, 1.54) is 23.5 Å². The fourth-order valence-corrected chi connectivity index (χ4v) is 2.75. The van der Waals surface area contributed by atoms with Gasteiger partial charge in [-0.05, 0) is 35.0 Å². The first-order valence-corrected chi connectivity index (χ1v) is 7.43. The molecular weight excluding hydrogens is 341 g/mol. The molecule has 0 aliphatic heterocycles. The number of benzene rings is 1. The monoisotopic (exact) mass is 349 g/mol. The number of ether oxygens (including phenoxy) is 1. The van der Waals surface area contributed by atoms with Crippen molar-refractivity contribution in [2.24, 2.45) is 0 Å². The maximum absolute atomic E-state index is 13.1. The molecule has 18 heavy (non-hydrogen) atoms. The summed E-state index contributed by atoms with van der Waals surface area (Å²) in [5, 5.41) is 2.71. The molecule has 96 valence electrons. The molecule has 1 aromatic carbocycles. The van der Waals surface area contributed by atoms with Crippen molar-refractivity contribution in [2.75, 3.05) is 0 Å². The topological polar surface area (TPSA) is 22.1 Å². The largest absolute Gasteiger partial charge is 0.482 e. The number of thiazole rings is 1. The number of hydrogen-bond donors (Lipinski definition) is 0. The third-order valence-electron chi connectivity index (χ3n) is 2.25. The number of alkyl halides is 1. The lowest BCUT2D eigenvalue weighted by atomic mass is 10.3. The summed E-state index contributed by atoms with van der Waals surface area (Å²) in [5.74, 6) is 0.512. The first-order chi connectivity index (χ1) is 8.60. The van der Waals surface area contributed by atoms with Crippen molar-refractivity contribution < 1.29 is 9.13 Å². The summed E-state index contributed by atoms with van der Waals surface area (Å²) in [6.07, 6.45) is -0.245. The van der Waals surface area contributed by atoms with Crippen molar-refractivity contribution in [3.05, 3.63) is 44.6 Å². The average Bonchev–Trinajstić information content (AvgIpc) is 2.82. The smallest absolute Gasteiger partial charge is 0.147 e. The number of nitrogens with zero attached hydrogens (tertiary/aromatic N) is 1. The summed E-state index contributed by atoms with van der Waals surface area (Å²) in [5.41, 5.74) is 0.824. The van der Waals surface area contributed by atoms with Crippen LogP contribution in [0.1, 0.15) is 23.7 Å². The van der Waals surface area contributed by atoms with Crippen LogP contribution in [0.5, 0.6) is 5.75 Å². The van der Waals surface area contributed by atoms with Crippen molar-refractivity contribution in [3.8, 4) is 5.75 Å². The molecule has 0 amide bonds. The molecule has 1 heterocycles. The van der Waals surface area contributed by atoms with Crippen LogP contribution >= 0.6 is 38.9 Å². The van der Waals surface area contributed by atoms with E-state index in [1.54, 1.807) is 6.07 Å². The minimum absolute atomic E-state index is 0.245. The first kappa shape index (κ1) is 13.8. The van der Waals surface area contributed by atoms with Crippen LogP contribution in [0.2, 0.25) is 0 Å². The second-order valence-electron chi connectivity index (χ2n) is 3.65. The molecule has 0 saturated heterocycles. The fourth-order valence-electron chi connectivity index (χ4n) is 1.38. The lowest BCUT2D eigenvalue weighted by Crippen LogP contribution is -2.03. The Balaban J connectivity index is 2.15.